The van der Waals surface area contributed by atoms with E-state index >= 15 is 0 Å². The second-order valence-electron chi connectivity index (χ2n) is 4.24. The number of aromatic nitrogens is 2. The molecule has 2 rings (SSSR count). The van der Waals surface area contributed by atoms with E-state index in [9.17, 15) is 0 Å². The van der Waals surface area contributed by atoms with Crippen molar-refractivity contribution in [3.8, 4) is 6.07 Å². The third-order valence-electron chi connectivity index (χ3n) is 2.72. The molecule has 0 amide bonds. The van der Waals surface area contributed by atoms with E-state index in [4.69, 9.17) is 22.6 Å². The quantitative estimate of drug-likeness (QED) is 0.935. The zero-order chi connectivity index (χ0) is 14.5. The second kappa shape index (κ2) is 6.22. The van der Waals surface area contributed by atoms with E-state index in [0.29, 0.717) is 23.8 Å². The Morgan fingerprint density at radius 2 is 2.10 bits per heavy atom. The van der Waals surface area contributed by atoms with E-state index in [0.717, 1.165) is 11.4 Å². The maximum atomic E-state index is 8.82. The van der Waals surface area contributed by atoms with E-state index in [1.165, 1.54) is 0 Å². The number of benzene rings is 1. The van der Waals surface area contributed by atoms with Crippen LogP contribution >= 0.6 is 11.6 Å². The average molecular weight is 288 g/mol. The van der Waals surface area contributed by atoms with E-state index < -0.39 is 0 Å². The average Bonchev–Trinajstić information content (AvgIpc) is 2.40. The topological polar surface area (TPSA) is 78.8 Å². The van der Waals surface area contributed by atoms with Crippen LogP contribution < -0.4 is 10.6 Å². The number of nitriles is 1. The number of rotatable bonds is 4. The number of nitrogens with two attached hydrogens (primary N) is 1. The monoisotopic (exact) mass is 287 g/mol. The van der Waals surface area contributed by atoms with Crippen molar-refractivity contribution in [2.45, 2.75) is 13.3 Å². The molecule has 1 aromatic carbocycles. The molecule has 0 spiro atoms. The molecule has 102 valence electrons. The fourth-order valence-corrected chi connectivity index (χ4v) is 2.14. The summed E-state index contributed by atoms with van der Waals surface area (Å²) in [4.78, 5) is 10.2. The van der Waals surface area contributed by atoms with Crippen LogP contribution in [0.15, 0.2) is 30.3 Å². The molecule has 2 aromatic rings. The molecule has 20 heavy (non-hydrogen) atoms. The summed E-state index contributed by atoms with van der Waals surface area (Å²) >= 11 is 6.23. The molecule has 0 atom stereocenters. The molecule has 1 heterocycles. The van der Waals surface area contributed by atoms with Crippen molar-refractivity contribution in [3.05, 3.63) is 41.0 Å². The summed E-state index contributed by atoms with van der Waals surface area (Å²) in [5.74, 6) is 0.840. The van der Waals surface area contributed by atoms with Crippen LogP contribution in [0, 0.1) is 18.3 Å². The minimum absolute atomic E-state index is 0.203. The maximum Gasteiger partial charge on any atom is 0.222 e. The van der Waals surface area contributed by atoms with Gasteiger partial charge in [-0.05, 0) is 19.1 Å². The minimum atomic E-state index is 0.203. The van der Waals surface area contributed by atoms with Gasteiger partial charge in [-0.3, -0.25) is 0 Å². The summed E-state index contributed by atoms with van der Waals surface area (Å²) in [6.45, 7) is 2.33. The summed E-state index contributed by atoms with van der Waals surface area (Å²) in [5.41, 5.74) is 7.25. The van der Waals surface area contributed by atoms with Crippen molar-refractivity contribution in [3.63, 3.8) is 0 Å². The fourth-order valence-electron chi connectivity index (χ4n) is 1.90. The van der Waals surface area contributed by atoms with Crippen molar-refractivity contribution < 1.29 is 0 Å². The zero-order valence-electron chi connectivity index (χ0n) is 11.0. The van der Waals surface area contributed by atoms with E-state index in [2.05, 4.69) is 16.0 Å². The number of hydrogen-bond acceptors (Lipinski definition) is 5. The van der Waals surface area contributed by atoms with E-state index in [1.54, 1.807) is 6.07 Å². The number of aryl methyl sites for hydroxylation is 1. The SMILES string of the molecule is Cc1cc(N(CCC#N)c2ccccc2Cl)nc(N)n1. The van der Waals surface area contributed by atoms with Crippen molar-refractivity contribution in [2.75, 3.05) is 17.2 Å². The van der Waals surface area contributed by atoms with E-state index in [1.807, 2.05) is 36.1 Å². The molecule has 0 bridgehead atoms. The van der Waals surface area contributed by atoms with Crippen LogP contribution in [0.25, 0.3) is 0 Å². The lowest BCUT2D eigenvalue weighted by Gasteiger charge is -2.24. The maximum absolute atomic E-state index is 8.82. The number of nitrogen functional groups attached to an aromatic ring is 1. The van der Waals surface area contributed by atoms with Gasteiger partial charge in [-0.25, -0.2) is 4.98 Å². The zero-order valence-corrected chi connectivity index (χ0v) is 11.8. The van der Waals surface area contributed by atoms with Gasteiger partial charge in [0.1, 0.15) is 5.82 Å². The molecule has 6 heteroatoms. The van der Waals surface area contributed by atoms with Crippen LogP contribution in [-0.4, -0.2) is 16.5 Å². The van der Waals surface area contributed by atoms with Crippen LogP contribution in [0.4, 0.5) is 17.5 Å². The predicted molar refractivity (Wildman–Crippen MR) is 79.9 cm³/mol. The molecule has 0 saturated heterocycles. The molecule has 1 aromatic heterocycles. The number of nitrogens with zero attached hydrogens (tertiary/aromatic N) is 4. The van der Waals surface area contributed by atoms with E-state index in [-0.39, 0.29) is 5.95 Å². The Balaban J connectivity index is 2.47. The van der Waals surface area contributed by atoms with Crippen LogP contribution in [0.3, 0.4) is 0 Å². The first kappa shape index (κ1) is 14.1. The third kappa shape index (κ3) is 3.16. The van der Waals surface area contributed by atoms with Gasteiger partial charge in [0.2, 0.25) is 5.95 Å². The molecule has 0 fully saturated rings. The van der Waals surface area contributed by atoms with Crippen molar-refractivity contribution in [2.24, 2.45) is 0 Å². The first-order valence-corrected chi connectivity index (χ1v) is 6.50. The molecule has 5 nitrogen and oxygen atoms in total. The Bertz CT molecular complexity index is 630. The Morgan fingerprint density at radius 3 is 2.75 bits per heavy atom. The Kier molecular flexibility index (Phi) is 4.38. The Labute approximate surface area is 122 Å². The van der Waals surface area contributed by atoms with Gasteiger partial charge in [-0.2, -0.15) is 10.2 Å². The number of halogens is 1. The summed E-state index contributed by atoms with van der Waals surface area (Å²) in [5, 5.41) is 9.42. The van der Waals surface area contributed by atoms with Gasteiger partial charge < -0.3 is 10.6 Å². The van der Waals surface area contributed by atoms with Gasteiger partial charge in [0.25, 0.3) is 0 Å². The molecular weight excluding hydrogens is 274 g/mol. The Morgan fingerprint density at radius 1 is 1.35 bits per heavy atom. The lowest BCUT2D eigenvalue weighted by molar-refractivity contribution is 0.918. The third-order valence-corrected chi connectivity index (χ3v) is 3.04. The number of para-hydroxylation sites is 1. The van der Waals surface area contributed by atoms with Crippen molar-refractivity contribution >= 4 is 29.1 Å². The molecular formula is C14H14ClN5. The smallest absolute Gasteiger partial charge is 0.222 e. The predicted octanol–water partition coefficient (Wildman–Crippen LogP) is 3.07. The number of anilines is 3. The lowest BCUT2D eigenvalue weighted by Crippen LogP contribution is -2.20. The molecule has 0 aliphatic rings. The number of hydrogen-bond donors (Lipinski definition) is 1. The van der Waals surface area contributed by atoms with Crippen LogP contribution in [0.1, 0.15) is 12.1 Å². The summed E-state index contributed by atoms with van der Waals surface area (Å²) in [7, 11) is 0. The van der Waals surface area contributed by atoms with Crippen LogP contribution in [0.2, 0.25) is 5.02 Å². The highest BCUT2D eigenvalue weighted by Crippen LogP contribution is 2.31. The van der Waals surface area contributed by atoms with Gasteiger partial charge in [-0.15, -0.1) is 0 Å². The summed E-state index contributed by atoms with van der Waals surface area (Å²) in [6.07, 6.45) is 0.355. The van der Waals surface area contributed by atoms with Gasteiger partial charge in [0.05, 0.1) is 23.2 Å². The van der Waals surface area contributed by atoms with Crippen molar-refractivity contribution in [1.29, 1.82) is 5.26 Å². The van der Waals surface area contributed by atoms with Crippen molar-refractivity contribution in [1.82, 2.24) is 9.97 Å². The first-order valence-electron chi connectivity index (χ1n) is 6.12. The molecule has 0 unspecified atom stereocenters. The summed E-state index contributed by atoms with van der Waals surface area (Å²) in [6, 6.07) is 11.4. The normalized spacial score (nSPS) is 10.1. The Hall–Kier alpha value is -2.32. The standard InChI is InChI=1S/C14H14ClN5/c1-10-9-13(19-14(17)18-10)20(8-4-7-16)12-6-3-2-5-11(12)15/h2-3,5-6,9H,4,8H2,1H3,(H2,17,18,19). The van der Waals surface area contributed by atoms with Crippen LogP contribution in [0.5, 0.6) is 0 Å². The summed E-state index contributed by atoms with van der Waals surface area (Å²) < 4.78 is 0. The van der Waals surface area contributed by atoms with Gasteiger partial charge >= 0.3 is 0 Å². The van der Waals surface area contributed by atoms with Gasteiger partial charge in [0, 0.05) is 18.3 Å². The minimum Gasteiger partial charge on any atom is -0.368 e. The largest absolute Gasteiger partial charge is 0.368 e. The molecule has 0 aliphatic carbocycles. The highest BCUT2D eigenvalue weighted by molar-refractivity contribution is 6.33. The van der Waals surface area contributed by atoms with Gasteiger partial charge in [0.15, 0.2) is 0 Å². The van der Waals surface area contributed by atoms with Gasteiger partial charge in [-0.1, -0.05) is 23.7 Å². The molecule has 0 aliphatic heterocycles. The highest BCUT2D eigenvalue weighted by Gasteiger charge is 2.14. The highest BCUT2D eigenvalue weighted by atomic mass is 35.5. The lowest BCUT2D eigenvalue weighted by atomic mass is 10.2. The van der Waals surface area contributed by atoms with Crippen LogP contribution in [-0.2, 0) is 0 Å². The molecule has 0 saturated carbocycles. The fraction of sp³-hybridized carbons (Fsp3) is 0.214. The molecule has 2 N–H and O–H groups in total. The second-order valence-corrected chi connectivity index (χ2v) is 4.64. The molecule has 0 radical (unpaired) electrons. The first-order chi connectivity index (χ1) is 9.61.